The number of aryl methyl sites for hydroxylation is 2. The molecule has 0 aliphatic rings. The first-order valence-electron chi connectivity index (χ1n) is 8.98. The highest BCUT2D eigenvalue weighted by Crippen LogP contribution is 2.33. The Hall–Kier alpha value is -4.01. The van der Waals surface area contributed by atoms with Crippen molar-refractivity contribution >= 4 is 34.9 Å². The summed E-state index contributed by atoms with van der Waals surface area (Å²) >= 11 is 0. The minimum absolute atomic E-state index is 0.121. The van der Waals surface area contributed by atoms with Gasteiger partial charge in [0.1, 0.15) is 29.0 Å². The molecule has 2 aromatic carbocycles. The van der Waals surface area contributed by atoms with Gasteiger partial charge in [0.15, 0.2) is 0 Å². The van der Waals surface area contributed by atoms with Crippen LogP contribution in [0.5, 0.6) is 11.5 Å². The quantitative estimate of drug-likeness (QED) is 0.453. The molecule has 2 N–H and O–H groups in total. The standard InChI is InChI=1S/C21H17F2N5O2/c1-12-18(30-14-7-8-24-19(10-14)25-11-29)6-5-17-20(12)27-21(28(17)2)26-16-4-3-13(22)9-15(16)23/h3-11H,1-2H3,(H,26,27)(H,24,25,29). The van der Waals surface area contributed by atoms with Gasteiger partial charge in [-0.15, -0.1) is 0 Å². The second-order valence-electron chi connectivity index (χ2n) is 6.54. The van der Waals surface area contributed by atoms with E-state index in [-0.39, 0.29) is 5.69 Å². The molecule has 152 valence electrons. The van der Waals surface area contributed by atoms with Crippen molar-refractivity contribution < 1.29 is 18.3 Å². The summed E-state index contributed by atoms with van der Waals surface area (Å²) in [7, 11) is 1.79. The van der Waals surface area contributed by atoms with Crippen LogP contribution in [0.25, 0.3) is 11.0 Å². The zero-order valence-electron chi connectivity index (χ0n) is 16.1. The van der Waals surface area contributed by atoms with E-state index < -0.39 is 11.6 Å². The minimum Gasteiger partial charge on any atom is -0.457 e. The molecule has 0 unspecified atom stereocenters. The number of rotatable bonds is 6. The first-order chi connectivity index (χ1) is 14.5. The summed E-state index contributed by atoms with van der Waals surface area (Å²) in [5.41, 5.74) is 2.37. The van der Waals surface area contributed by atoms with Gasteiger partial charge in [-0.25, -0.2) is 18.7 Å². The molecule has 0 atom stereocenters. The van der Waals surface area contributed by atoms with Crippen LogP contribution in [0.4, 0.5) is 26.2 Å². The van der Waals surface area contributed by atoms with Crippen LogP contribution in [-0.2, 0) is 11.8 Å². The Kier molecular flexibility index (Phi) is 5.01. The van der Waals surface area contributed by atoms with Crippen molar-refractivity contribution in [3.63, 3.8) is 0 Å². The Morgan fingerprint density at radius 2 is 1.97 bits per heavy atom. The number of benzene rings is 2. The van der Waals surface area contributed by atoms with Gasteiger partial charge in [-0.1, -0.05) is 0 Å². The molecule has 0 aliphatic carbocycles. The van der Waals surface area contributed by atoms with Crippen LogP contribution in [0.2, 0.25) is 0 Å². The molecule has 2 aromatic heterocycles. The summed E-state index contributed by atoms with van der Waals surface area (Å²) in [4.78, 5) is 19.2. The summed E-state index contributed by atoms with van der Waals surface area (Å²) in [5.74, 6) is 0.482. The predicted octanol–water partition coefficient (Wildman–Crippen LogP) is 4.66. The van der Waals surface area contributed by atoms with Gasteiger partial charge >= 0.3 is 0 Å². The Bertz CT molecular complexity index is 1260. The van der Waals surface area contributed by atoms with Crippen LogP contribution in [-0.4, -0.2) is 20.9 Å². The van der Waals surface area contributed by atoms with Gasteiger partial charge in [-0.2, -0.15) is 0 Å². The zero-order chi connectivity index (χ0) is 21.3. The summed E-state index contributed by atoms with van der Waals surface area (Å²) in [6, 6.07) is 10.2. The van der Waals surface area contributed by atoms with E-state index in [2.05, 4.69) is 20.6 Å². The second kappa shape index (κ2) is 7.78. The van der Waals surface area contributed by atoms with E-state index in [1.807, 2.05) is 13.0 Å². The lowest BCUT2D eigenvalue weighted by atomic mass is 10.2. The highest BCUT2D eigenvalue weighted by Gasteiger charge is 2.15. The van der Waals surface area contributed by atoms with Crippen molar-refractivity contribution in [2.75, 3.05) is 10.6 Å². The minimum atomic E-state index is -0.708. The molecule has 0 bridgehead atoms. The number of nitrogens with zero attached hydrogens (tertiary/aromatic N) is 3. The molecule has 30 heavy (non-hydrogen) atoms. The van der Waals surface area contributed by atoms with Gasteiger partial charge < -0.3 is 19.9 Å². The third-order valence-corrected chi connectivity index (χ3v) is 4.60. The first-order valence-corrected chi connectivity index (χ1v) is 8.98. The van der Waals surface area contributed by atoms with Crippen molar-refractivity contribution in [2.45, 2.75) is 6.92 Å². The molecule has 2 heterocycles. The van der Waals surface area contributed by atoms with Crippen molar-refractivity contribution in [1.82, 2.24) is 14.5 Å². The number of halogens is 2. The van der Waals surface area contributed by atoms with Crippen molar-refractivity contribution in [3.8, 4) is 11.5 Å². The number of imidazole rings is 1. The molecule has 0 saturated heterocycles. The molecule has 0 spiro atoms. The average molecular weight is 409 g/mol. The number of carbonyl (C=O) groups is 1. The van der Waals surface area contributed by atoms with Crippen molar-refractivity contribution in [1.29, 1.82) is 0 Å². The molecule has 1 amide bonds. The van der Waals surface area contributed by atoms with Crippen LogP contribution in [0.3, 0.4) is 0 Å². The Labute approximate surface area is 170 Å². The smallest absolute Gasteiger partial charge is 0.212 e. The molecular weight excluding hydrogens is 392 g/mol. The summed E-state index contributed by atoms with van der Waals surface area (Å²) < 4.78 is 34.9. The number of fused-ring (bicyclic) bond motifs is 1. The largest absolute Gasteiger partial charge is 0.457 e. The van der Waals surface area contributed by atoms with Crippen LogP contribution in [0, 0.1) is 18.6 Å². The third kappa shape index (κ3) is 3.64. The molecule has 7 nitrogen and oxygen atoms in total. The lowest BCUT2D eigenvalue weighted by Gasteiger charge is -2.10. The maximum atomic E-state index is 14.0. The molecule has 0 radical (unpaired) electrons. The average Bonchev–Trinajstić information content (AvgIpc) is 3.03. The lowest BCUT2D eigenvalue weighted by Crippen LogP contribution is -2.01. The van der Waals surface area contributed by atoms with Gasteiger partial charge in [-0.05, 0) is 37.3 Å². The predicted molar refractivity (Wildman–Crippen MR) is 109 cm³/mol. The normalized spacial score (nSPS) is 10.8. The van der Waals surface area contributed by atoms with Gasteiger partial charge in [0, 0.05) is 30.9 Å². The number of pyridine rings is 1. The SMILES string of the molecule is Cc1c(Oc2ccnc(NC=O)c2)ccc2c1nc(Nc1ccc(F)cc1F)n2C. The highest BCUT2D eigenvalue weighted by molar-refractivity contribution is 5.85. The fraction of sp³-hybridized carbons (Fsp3) is 0.0952. The number of hydrogen-bond acceptors (Lipinski definition) is 5. The van der Waals surface area contributed by atoms with Crippen LogP contribution >= 0.6 is 0 Å². The fourth-order valence-corrected chi connectivity index (χ4v) is 3.05. The number of carbonyl (C=O) groups excluding carboxylic acids is 1. The van der Waals surface area contributed by atoms with Crippen molar-refractivity contribution in [2.24, 2.45) is 7.05 Å². The Morgan fingerprint density at radius 3 is 2.73 bits per heavy atom. The van der Waals surface area contributed by atoms with E-state index in [9.17, 15) is 13.6 Å². The second-order valence-corrected chi connectivity index (χ2v) is 6.54. The highest BCUT2D eigenvalue weighted by atomic mass is 19.1. The molecule has 0 aliphatic heterocycles. The van der Waals surface area contributed by atoms with Gasteiger partial charge in [0.05, 0.1) is 16.7 Å². The van der Waals surface area contributed by atoms with Crippen LogP contribution in [0.1, 0.15) is 5.56 Å². The molecule has 9 heteroatoms. The van der Waals surface area contributed by atoms with E-state index in [4.69, 9.17) is 4.74 Å². The van der Waals surface area contributed by atoms with E-state index >= 15 is 0 Å². The monoisotopic (exact) mass is 409 g/mol. The molecule has 0 fully saturated rings. The lowest BCUT2D eigenvalue weighted by molar-refractivity contribution is -0.105. The van der Waals surface area contributed by atoms with Gasteiger partial charge in [-0.3, -0.25) is 4.79 Å². The summed E-state index contributed by atoms with van der Waals surface area (Å²) in [6.07, 6.45) is 2.06. The van der Waals surface area contributed by atoms with Crippen LogP contribution in [0.15, 0.2) is 48.7 Å². The molecule has 0 saturated carbocycles. The fourth-order valence-electron chi connectivity index (χ4n) is 3.05. The van der Waals surface area contributed by atoms with E-state index in [0.29, 0.717) is 35.2 Å². The zero-order valence-corrected chi connectivity index (χ0v) is 16.1. The van der Waals surface area contributed by atoms with Gasteiger partial charge in [0.2, 0.25) is 12.4 Å². The number of hydrogen-bond donors (Lipinski definition) is 2. The molecule has 4 rings (SSSR count). The number of aromatic nitrogens is 3. The maximum Gasteiger partial charge on any atom is 0.212 e. The number of ether oxygens (including phenoxy) is 1. The molecular formula is C21H17F2N5O2. The number of nitrogens with one attached hydrogen (secondary N) is 2. The summed E-state index contributed by atoms with van der Waals surface area (Å²) in [5, 5.41) is 5.36. The maximum absolute atomic E-state index is 14.0. The van der Waals surface area contributed by atoms with Crippen LogP contribution < -0.4 is 15.4 Å². The van der Waals surface area contributed by atoms with Crippen molar-refractivity contribution in [3.05, 3.63) is 65.9 Å². The van der Waals surface area contributed by atoms with E-state index in [1.165, 1.54) is 18.3 Å². The summed E-state index contributed by atoms with van der Waals surface area (Å²) in [6.45, 7) is 1.86. The first kappa shape index (κ1) is 19.3. The van der Waals surface area contributed by atoms with E-state index in [0.717, 1.165) is 17.1 Å². The molecule has 4 aromatic rings. The Morgan fingerprint density at radius 1 is 1.13 bits per heavy atom. The third-order valence-electron chi connectivity index (χ3n) is 4.60. The Balaban J connectivity index is 1.67. The topological polar surface area (TPSA) is 81.1 Å². The number of anilines is 3. The number of amides is 1. The van der Waals surface area contributed by atoms with E-state index in [1.54, 1.807) is 29.8 Å². The van der Waals surface area contributed by atoms with Gasteiger partial charge in [0.25, 0.3) is 0 Å².